The van der Waals surface area contributed by atoms with Gasteiger partial charge in [0.05, 0.1) is 12.5 Å². The summed E-state index contributed by atoms with van der Waals surface area (Å²) >= 11 is 0. The van der Waals surface area contributed by atoms with Crippen LogP contribution in [-0.2, 0) is 11.8 Å². The average Bonchev–Trinajstić information content (AvgIpc) is 2.67. The fraction of sp³-hybridized carbons (Fsp3) is 0.609. The van der Waals surface area contributed by atoms with E-state index in [-0.39, 0.29) is 11.0 Å². The van der Waals surface area contributed by atoms with Gasteiger partial charge in [-0.05, 0) is 54.9 Å². The summed E-state index contributed by atoms with van der Waals surface area (Å²) in [5.41, 5.74) is 2.71. The Balaban J connectivity index is 2.13. The lowest BCUT2D eigenvalue weighted by Gasteiger charge is -2.38. The number of aryl methyl sites for hydroxylation is 1. The van der Waals surface area contributed by atoms with E-state index in [1.54, 1.807) is 7.11 Å². The molecule has 1 aromatic heterocycles. The lowest BCUT2D eigenvalue weighted by Crippen LogP contribution is -2.29. The van der Waals surface area contributed by atoms with Crippen molar-refractivity contribution >= 4 is 11.0 Å². The van der Waals surface area contributed by atoms with E-state index in [1.807, 2.05) is 6.07 Å². The van der Waals surface area contributed by atoms with Crippen LogP contribution in [0.2, 0.25) is 0 Å². The Kier molecular flexibility index (Phi) is 6.05. The van der Waals surface area contributed by atoms with Crippen LogP contribution in [0.15, 0.2) is 27.4 Å². The highest BCUT2D eigenvalue weighted by molar-refractivity contribution is 5.85. The standard InChI is InChI=1S/C23H32O3/c1-4-6-11-23(12-8-7-9-13-23)18-15-20(25-3)19-14-17(10-5-2)22(24)26-21(19)16-18/h14-16H,4-13H2,1-3H3. The van der Waals surface area contributed by atoms with Gasteiger partial charge in [-0.25, -0.2) is 4.79 Å². The summed E-state index contributed by atoms with van der Waals surface area (Å²) in [5, 5.41) is 0.917. The molecule has 0 saturated heterocycles. The second kappa shape index (κ2) is 8.28. The van der Waals surface area contributed by atoms with Crippen molar-refractivity contribution < 1.29 is 9.15 Å². The summed E-state index contributed by atoms with van der Waals surface area (Å²) in [7, 11) is 1.71. The van der Waals surface area contributed by atoms with Gasteiger partial charge in [-0.3, -0.25) is 0 Å². The third-order valence-electron chi connectivity index (χ3n) is 6.06. The second-order valence-electron chi connectivity index (χ2n) is 7.84. The molecule has 0 atom stereocenters. The summed E-state index contributed by atoms with van der Waals surface area (Å²) < 4.78 is 11.5. The molecule has 26 heavy (non-hydrogen) atoms. The maximum absolute atomic E-state index is 12.4. The molecule has 1 aliphatic rings. The van der Waals surface area contributed by atoms with E-state index >= 15 is 0 Å². The molecule has 2 aromatic rings. The molecular weight excluding hydrogens is 324 g/mol. The summed E-state index contributed by atoms with van der Waals surface area (Å²) in [4.78, 5) is 12.4. The van der Waals surface area contributed by atoms with Gasteiger partial charge in [-0.2, -0.15) is 0 Å². The molecule has 0 bridgehead atoms. The van der Waals surface area contributed by atoms with Gasteiger partial charge in [0.1, 0.15) is 11.3 Å². The van der Waals surface area contributed by atoms with Gasteiger partial charge in [-0.1, -0.05) is 52.4 Å². The van der Waals surface area contributed by atoms with E-state index in [4.69, 9.17) is 9.15 Å². The van der Waals surface area contributed by atoms with Gasteiger partial charge >= 0.3 is 5.63 Å². The maximum Gasteiger partial charge on any atom is 0.339 e. The van der Waals surface area contributed by atoms with E-state index in [9.17, 15) is 4.79 Å². The first-order valence-corrected chi connectivity index (χ1v) is 10.3. The van der Waals surface area contributed by atoms with Crippen molar-refractivity contribution in [3.05, 3.63) is 39.7 Å². The Morgan fingerprint density at radius 1 is 1.08 bits per heavy atom. The molecule has 3 heteroatoms. The molecule has 1 aromatic carbocycles. The fourth-order valence-electron chi connectivity index (χ4n) is 4.57. The smallest absolute Gasteiger partial charge is 0.339 e. The van der Waals surface area contributed by atoms with Gasteiger partial charge in [0, 0.05) is 5.56 Å². The lowest BCUT2D eigenvalue weighted by molar-refractivity contribution is 0.266. The lowest BCUT2D eigenvalue weighted by atomic mass is 9.66. The number of hydrogen-bond donors (Lipinski definition) is 0. The summed E-state index contributed by atoms with van der Waals surface area (Å²) in [6.07, 6.45) is 11.7. The number of benzene rings is 1. The maximum atomic E-state index is 12.4. The highest BCUT2D eigenvalue weighted by atomic mass is 16.5. The van der Waals surface area contributed by atoms with Gasteiger partial charge in [0.15, 0.2) is 0 Å². The Hall–Kier alpha value is -1.77. The minimum Gasteiger partial charge on any atom is -0.496 e. The van der Waals surface area contributed by atoms with E-state index in [2.05, 4.69) is 26.0 Å². The normalized spacial score (nSPS) is 16.7. The van der Waals surface area contributed by atoms with Crippen molar-refractivity contribution in [2.24, 2.45) is 0 Å². The first-order valence-electron chi connectivity index (χ1n) is 10.3. The Labute approximate surface area is 156 Å². The van der Waals surface area contributed by atoms with Crippen molar-refractivity contribution in [1.82, 2.24) is 0 Å². The molecule has 0 spiro atoms. The van der Waals surface area contributed by atoms with Crippen LogP contribution in [0.1, 0.15) is 82.8 Å². The summed E-state index contributed by atoms with van der Waals surface area (Å²) in [5.74, 6) is 0.833. The molecule has 3 rings (SSSR count). The first kappa shape index (κ1) is 19.0. The average molecular weight is 357 g/mol. The van der Waals surface area contributed by atoms with Crippen LogP contribution >= 0.6 is 0 Å². The van der Waals surface area contributed by atoms with Crippen LogP contribution < -0.4 is 10.4 Å². The number of fused-ring (bicyclic) bond motifs is 1. The number of hydrogen-bond acceptors (Lipinski definition) is 3. The third-order valence-corrected chi connectivity index (χ3v) is 6.06. The predicted octanol–water partition coefficient (Wildman–Crippen LogP) is 6.15. The van der Waals surface area contributed by atoms with Crippen LogP contribution in [-0.4, -0.2) is 7.11 Å². The zero-order valence-corrected chi connectivity index (χ0v) is 16.5. The molecule has 1 aliphatic carbocycles. The molecule has 0 amide bonds. The van der Waals surface area contributed by atoms with Gasteiger partial charge in [0.25, 0.3) is 0 Å². The highest BCUT2D eigenvalue weighted by Crippen LogP contribution is 2.45. The quantitative estimate of drug-likeness (QED) is 0.559. The molecule has 0 unspecified atom stereocenters. The van der Waals surface area contributed by atoms with Crippen LogP contribution in [0.3, 0.4) is 0 Å². The monoisotopic (exact) mass is 356 g/mol. The highest BCUT2D eigenvalue weighted by Gasteiger charge is 2.34. The SMILES string of the molecule is CCCCC1(c2cc(OC)c3cc(CCC)c(=O)oc3c2)CCCCC1. The molecule has 1 heterocycles. The molecule has 1 saturated carbocycles. The van der Waals surface area contributed by atoms with E-state index in [0.29, 0.717) is 5.58 Å². The van der Waals surface area contributed by atoms with E-state index in [1.165, 1.54) is 56.9 Å². The predicted molar refractivity (Wildman–Crippen MR) is 107 cm³/mol. The molecule has 0 aliphatic heterocycles. The molecular formula is C23H32O3. The number of methoxy groups -OCH3 is 1. The Morgan fingerprint density at radius 2 is 1.85 bits per heavy atom. The molecule has 0 radical (unpaired) electrons. The summed E-state index contributed by atoms with van der Waals surface area (Å²) in [6.45, 7) is 4.33. The topological polar surface area (TPSA) is 39.4 Å². The van der Waals surface area contributed by atoms with E-state index < -0.39 is 0 Å². The fourth-order valence-corrected chi connectivity index (χ4v) is 4.57. The first-order chi connectivity index (χ1) is 12.6. The van der Waals surface area contributed by atoms with Crippen molar-refractivity contribution in [2.75, 3.05) is 7.11 Å². The van der Waals surface area contributed by atoms with Gasteiger partial charge in [-0.15, -0.1) is 0 Å². The Morgan fingerprint density at radius 3 is 2.50 bits per heavy atom. The number of ether oxygens (including phenoxy) is 1. The zero-order valence-electron chi connectivity index (χ0n) is 16.5. The van der Waals surface area contributed by atoms with Crippen LogP contribution in [0.4, 0.5) is 0 Å². The molecule has 142 valence electrons. The largest absolute Gasteiger partial charge is 0.496 e. The number of unbranched alkanes of at least 4 members (excludes halogenated alkanes) is 1. The minimum absolute atomic E-state index is 0.204. The van der Waals surface area contributed by atoms with Crippen molar-refractivity contribution in [2.45, 2.75) is 83.5 Å². The van der Waals surface area contributed by atoms with Gasteiger partial charge in [0.2, 0.25) is 0 Å². The zero-order chi connectivity index (χ0) is 18.6. The van der Waals surface area contributed by atoms with Crippen molar-refractivity contribution in [3.63, 3.8) is 0 Å². The van der Waals surface area contributed by atoms with Gasteiger partial charge < -0.3 is 9.15 Å². The molecule has 1 fully saturated rings. The molecule has 3 nitrogen and oxygen atoms in total. The van der Waals surface area contributed by atoms with Crippen LogP contribution in [0.5, 0.6) is 5.75 Å². The summed E-state index contributed by atoms with van der Waals surface area (Å²) in [6, 6.07) is 6.29. The Bertz CT molecular complexity index is 797. The number of rotatable bonds is 7. The second-order valence-corrected chi connectivity index (χ2v) is 7.84. The van der Waals surface area contributed by atoms with E-state index in [0.717, 1.165) is 29.5 Å². The van der Waals surface area contributed by atoms with Crippen molar-refractivity contribution in [3.8, 4) is 5.75 Å². The minimum atomic E-state index is -0.204. The van der Waals surface area contributed by atoms with Crippen LogP contribution in [0, 0.1) is 0 Å². The van der Waals surface area contributed by atoms with Crippen LogP contribution in [0.25, 0.3) is 11.0 Å². The third kappa shape index (κ3) is 3.67. The van der Waals surface area contributed by atoms with Crippen molar-refractivity contribution in [1.29, 1.82) is 0 Å². The molecule has 0 N–H and O–H groups in total.